The van der Waals surface area contributed by atoms with Crippen LogP contribution in [0.4, 0.5) is 0 Å². The van der Waals surface area contributed by atoms with Gasteiger partial charge in [0.25, 0.3) is 5.91 Å². The molecule has 1 atom stereocenters. The predicted molar refractivity (Wildman–Crippen MR) is 115 cm³/mol. The standard InChI is InChI=1S/C24H18N4O2/c25-14-16-8-2-1-7-15(16)13-21(23(26)29)28-24(30)22-17-9-3-5-11-19(17)27-20-12-6-4-10-18(20)22/h1-12,21H,13H2,(H2,26,29)(H,28,30)/t21-/m1/s1. The number of rotatable bonds is 5. The molecule has 6 heteroatoms. The highest BCUT2D eigenvalue weighted by atomic mass is 16.2. The maximum Gasteiger partial charge on any atom is 0.253 e. The van der Waals surface area contributed by atoms with Gasteiger partial charge in [0.1, 0.15) is 6.04 Å². The van der Waals surface area contributed by atoms with Crippen molar-refractivity contribution in [2.24, 2.45) is 5.73 Å². The van der Waals surface area contributed by atoms with Gasteiger partial charge in [0.2, 0.25) is 5.91 Å². The van der Waals surface area contributed by atoms with Crippen LogP contribution < -0.4 is 11.1 Å². The lowest BCUT2D eigenvalue weighted by atomic mass is 9.98. The quantitative estimate of drug-likeness (QED) is 0.507. The van der Waals surface area contributed by atoms with Crippen molar-refractivity contribution in [2.45, 2.75) is 12.5 Å². The van der Waals surface area contributed by atoms with E-state index in [1.807, 2.05) is 48.5 Å². The lowest BCUT2D eigenvalue weighted by molar-refractivity contribution is -0.119. The van der Waals surface area contributed by atoms with Gasteiger partial charge in [0.15, 0.2) is 0 Å². The number of aromatic nitrogens is 1. The summed E-state index contributed by atoms with van der Waals surface area (Å²) in [4.78, 5) is 30.0. The number of carbonyl (C=O) groups is 2. The zero-order valence-corrected chi connectivity index (χ0v) is 16.0. The maximum atomic E-state index is 13.3. The first-order chi connectivity index (χ1) is 14.6. The van der Waals surface area contributed by atoms with Gasteiger partial charge >= 0.3 is 0 Å². The van der Waals surface area contributed by atoms with Crippen molar-refractivity contribution in [3.63, 3.8) is 0 Å². The van der Waals surface area contributed by atoms with Gasteiger partial charge in [0, 0.05) is 17.2 Å². The Kier molecular flexibility index (Phi) is 5.10. The third kappa shape index (κ3) is 3.56. The minimum atomic E-state index is -0.960. The zero-order chi connectivity index (χ0) is 21.1. The molecule has 1 aromatic heterocycles. The number of nitrogens with two attached hydrogens (primary N) is 1. The van der Waals surface area contributed by atoms with Crippen LogP contribution >= 0.6 is 0 Å². The summed E-state index contributed by atoms with van der Waals surface area (Å²) in [5.74, 6) is -1.08. The van der Waals surface area contributed by atoms with Crippen LogP contribution in [0, 0.1) is 11.3 Å². The molecule has 0 spiro atoms. The monoisotopic (exact) mass is 394 g/mol. The Hall–Kier alpha value is -4.24. The van der Waals surface area contributed by atoms with E-state index >= 15 is 0 Å². The fourth-order valence-corrected chi connectivity index (χ4v) is 3.57. The van der Waals surface area contributed by atoms with Crippen LogP contribution in [0.2, 0.25) is 0 Å². The Morgan fingerprint density at radius 3 is 2.10 bits per heavy atom. The highest BCUT2D eigenvalue weighted by molar-refractivity contribution is 6.16. The van der Waals surface area contributed by atoms with Gasteiger partial charge < -0.3 is 11.1 Å². The first-order valence-electron chi connectivity index (χ1n) is 9.44. The molecule has 30 heavy (non-hydrogen) atoms. The summed E-state index contributed by atoms with van der Waals surface area (Å²) in [5.41, 5.74) is 8.48. The number of fused-ring (bicyclic) bond motifs is 2. The number of benzene rings is 3. The summed E-state index contributed by atoms with van der Waals surface area (Å²) < 4.78 is 0. The lowest BCUT2D eigenvalue weighted by Crippen LogP contribution is -2.46. The van der Waals surface area contributed by atoms with Crippen molar-refractivity contribution in [2.75, 3.05) is 0 Å². The fraction of sp³-hybridized carbons (Fsp3) is 0.0833. The number of para-hydroxylation sites is 2. The lowest BCUT2D eigenvalue weighted by Gasteiger charge is -2.18. The van der Waals surface area contributed by atoms with Crippen LogP contribution in [0.25, 0.3) is 21.8 Å². The Labute approximate surface area is 173 Å². The first-order valence-corrected chi connectivity index (χ1v) is 9.44. The Morgan fingerprint density at radius 1 is 0.933 bits per heavy atom. The van der Waals surface area contributed by atoms with Crippen LogP contribution in [-0.4, -0.2) is 22.8 Å². The summed E-state index contributed by atoms with van der Waals surface area (Å²) in [6.45, 7) is 0. The molecule has 0 fully saturated rings. The zero-order valence-electron chi connectivity index (χ0n) is 16.0. The van der Waals surface area contributed by atoms with Gasteiger partial charge in [-0.2, -0.15) is 5.26 Å². The summed E-state index contributed by atoms with van der Waals surface area (Å²) in [5, 5.41) is 13.5. The molecule has 0 saturated heterocycles. The van der Waals surface area contributed by atoms with E-state index in [4.69, 9.17) is 5.73 Å². The van der Waals surface area contributed by atoms with E-state index < -0.39 is 17.9 Å². The van der Waals surface area contributed by atoms with E-state index in [9.17, 15) is 14.9 Å². The third-order valence-electron chi connectivity index (χ3n) is 5.03. The first kappa shape index (κ1) is 19.1. The number of nitrogens with one attached hydrogen (secondary N) is 1. The third-order valence-corrected chi connectivity index (χ3v) is 5.03. The molecular formula is C24H18N4O2. The smallest absolute Gasteiger partial charge is 0.253 e. The van der Waals surface area contributed by atoms with Gasteiger partial charge in [-0.1, -0.05) is 54.6 Å². The minimum Gasteiger partial charge on any atom is -0.368 e. The average molecular weight is 394 g/mol. The molecule has 3 aromatic carbocycles. The molecule has 0 aliphatic carbocycles. The largest absolute Gasteiger partial charge is 0.368 e. The number of nitriles is 1. The number of primary amides is 1. The van der Waals surface area contributed by atoms with Crippen molar-refractivity contribution in [1.29, 1.82) is 5.26 Å². The second-order valence-corrected chi connectivity index (χ2v) is 6.92. The molecule has 6 nitrogen and oxygen atoms in total. The molecule has 0 aliphatic heterocycles. The summed E-state index contributed by atoms with van der Waals surface area (Å²) >= 11 is 0. The van der Waals surface area contributed by atoms with Crippen molar-refractivity contribution >= 4 is 33.6 Å². The number of amides is 2. The topological polar surface area (TPSA) is 109 Å². The highest BCUT2D eigenvalue weighted by Crippen LogP contribution is 2.26. The van der Waals surface area contributed by atoms with Gasteiger partial charge in [0.05, 0.1) is 28.2 Å². The van der Waals surface area contributed by atoms with Crippen LogP contribution in [0.15, 0.2) is 72.8 Å². The summed E-state index contributed by atoms with van der Waals surface area (Å²) in [7, 11) is 0. The van der Waals surface area contributed by atoms with Gasteiger partial charge in [-0.25, -0.2) is 4.98 Å². The van der Waals surface area contributed by atoms with E-state index in [0.29, 0.717) is 38.5 Å². The minimum absolute atomic E-state index is 0.131. The van der Waals surface area contributed by atoms with Gasteiger partial charge in [-0.3, -0.25) is 9.59 Å². The number of hydrogen-bond donors (Lipinski definition) is 2. The van der Waals surface area contributed by atoms with Crippen molar-refractivity contribution in [3.8, 4) is 6.07 Å². The Morgan fingerprint density at radius 2 is 1.50 bits per heavy atom. The van der Waals surface area contributed by atoms with E-state index in [0.717, 1.165) is 0 Å². The SMILES string of the molecule is N#Cc1ccccc1C[C@@H](NC(=O)c1c2ccccc2nc2ccccc12)C(N)=O. The summed E-state index contributed by atoms with van der Waals surface area (Å²) in [6, 6.07) is 22.8. The van der Waals surface area contributed by atoms with Crippen molar-refractivity contribution in [1.82, 2.24) is 10.3 Å². The predicted octanol–water partition coefficient (Wildman–Crippen LogP) is 3.09. The van der Waals surface area contributed by atoms with Crippen LogP contribution in [0.1, 0.15) is 21.5 Å². The normalized spacial score (nSPS) is 11.7. The fourth-order valence-electron chi connectivity index (χ4n) is 3.57. The Balaban J connectivity index is 1.75. The van der Waals surface area contributed by atoms with E-state index in [2.05, 4.69) is 16.4 Å². The molecule has 0 saturated carbocycles. The van der Waals surface area contributed by atoms with E-state index in [-0.39, 0.29) is 6.42 Å². The molecule has 0 unspecified atom stereocenters. The molecular weight excluding hydrogens is 376 g/mol. The highest BCUT2D eigenvalue weighted by Gasteiger charge is 2.23. The van der Waals surface area contributed by atoms with Crippen molar-refractivity contribution in [3.05, 3.63) is 89.5 Å². The average Bonchev–Trinajstić information content (AvgIpc) is 2.77. The van der Waals surface area contributed by atoms with Gasteiger partial charge in [-0.05, 0) is 23.8 Å². The number of hydrogen-bond acceptors (Lipinski definition) is 4. The number of carbonyl (C=O) groups excluding carboxylic acids is 2. The molecule has 146 valence electrons. The molecule has 1 heterocycles. The molecule has 2 amide bonds. The summed E-state index contributed by atoms with van der Waals surface area (Å²) in [6.07, 6.45) is 0.131. The van der Waals surface area contributed by atoms with Crippen molar-refractivity contribution < 1.29 is 9.59 Å². The van der Waals surface area contributed by atoms with Crippen LogP contribution in [0.3, 0.4) is 0 Å². The van der Waals surface area contributed by atoms with Crippen LogP contribution in [-0.2, 0) is 11.2 Å². The molecule has 4 aromatic rings. The molecule has 0 bridgehead atoms. The number of nitrogens with zero attached hydrogens (tertiary/aromatic N) is 2. The Bertz CT molecular complexity index is 1270. The second-order valence-electron chi connectivity index (χ2n) is 6.92. The van der Waals surface area contributed by atoms with Gasteiger partial charge in [-0.15, -0.1) is 0 Å². The second kappa shape index (κ2) is 8.02. The van der Waals surface area contributed by atoms with Crippen LogP contribution in [0.5, 0.6) is 0 Å². The van der Waals surface area contributed by atoms with E-state index in [1.165, 1.54) is 0 Å². The molecule has 4 rings (SSSR count). The molecule has 0 radical (unpaired) electrons. The number of pyridine rings is 1. The maximum absolute atomic E-state index is 13.3. The molecule has 0 aliphatic rings. The van der Waals surface area contributed by atoms with E-state index in [1.54, 1.807) is 24.3 Å². The molecule has 3 N–H and O–H groups in total.